The second-order valence-corrected chi connectivity index (χ2v) is 6.43. The van der Waals surface area contributed by atoms with Crippen molar-refractivity contribution in [2.45, 2.75) is 19.1 Å². The van der Waals surface area contributed by atoms with Gasteiger partial charge in [0.2, 0.25) is 0 Å². The van der Waals surface area contributed by atoms with Crippen molar-refractivity contribution in [3.8, 4) is 5.75 Å². The van der Waals surface area contributed by atoms with Crippen LogP contribution >= 0.6 is 11.8 Å². The number of rotatable bonds is 9. The Morgan fingerprint density at radius 2 is 1.89 bits per heavy atom. The molecule has 0 bridgehead atoms. The van der Waals surface area contributed by atoms with Crippen LogP contribution in [0.1, 0.15) is 24.5 Å². The second-order valence-electron chi connectivity index (χ2n) is 5.43. The summed E-state index contributed by atoms with van der Waals surface area (Å²) in [6.07, 6.45) is 1.85. The van der Waals surface area contributed by atoms with Gasteiger partial charge < -0.3 is 15.2 Å². The van der Waals surface area contributed by atoms with E-state index < -0.39 is 0 Å². The van der Waals surface area contributed by atoms with Gasteiger partial charge in [0.25, 0.3) is 0 Å². The summed E-state index contributed by atoms with van der Waals surface area (Å²) in [4.78, 5) is 11.2. The normalized spacial score (nSPS) is 11.5. The average Bonchev–Trinajstić information content (AvgIpc) is 2.69. The van der Waals surface area contributed by atoms with E-state index in [9.17, 15) is 4.79 Å². The van der Waals surface area contributed by atoms with E-state index in [2.05, 4.69) is 10.2 Å². The molecule has 0 fully saturated rings. The fourth-order valence-corrected chi connectivity index (χ4v) is 2.66. The van der Waals surface area contributed by atoms with Gasteiger partial charge in [-0.2, -0.15) is 5.10 Å². The van der Waals surface area contributed by atoms with E-state index >= 15 is 0 Å². The highest BCUT2D eigenvalue weighted by Crippen LogP contribution is 2.13. The van der Waals surface area contributed by atoms with Crippen molar-refractivity contribution in [2.75, 3.05) is 13.2 Å². The number of amidine groups is 1. The number of nitrogens with zero attached hydrogens (tertiary/aromatic N) is 2. The van der Waals surface area contributed by atoms with Gasteiger partial charge in [0.15, 0.2) is 5.17 Å². The second kappa shape index (κ2) is 11.7. The van der Waals surface area contributed by atoms with Crippen molar-refractivity contribution in [3.05, 3.63) is 65.7 Å². The molecule has 142 valence electrons. The van der Waals surface area contributed by atoms with Gasteiger partial charge in [0, 0.05) is 5.75 Å². The molecule has 0 aliphatic heterocycles. The summed E-state index contributed by atoms with van der Waals surface area (Å²) in [5.41, 5.74) is 7.91. The van der Waals surface area contributed by atoms with Gasteiger partial charge in [-0.3, -0.25) is 4.79 Å². The highest BCUT2D eigenvalue weighted by Gasteiger charge is 2.02. The number of benzene rings is 2. The summed E-state index contributed by atoms with van der Waals surface area (Å²) >= 11 is 1.44. The van der Waals surface area contributed by atoms with Crippen LogP contribution in [0.25, 0.3) is 0 Å². The Morgan fingerprint density at radius 1 is 1.15 bits per heavy atom. The maximum Gasteiger partial charge on any atom is 0.309 e. The lowest BCUT2D eigenvalue weighted by Crippen LogP contribution is -2.09. The van der Waals surface area contributed by atoms with Crippen LogP contribution in [0, 0.1) is 0 Å². The summed E-state index contributed by atoms with van der Waals surface area (Å²) in [6.45, 7) is 2.44. The quantitative estimate of drug-likeness (QED) is 0.308. The Bertz CT molecular complexity index is 762. The predicted molar refractivity (Wildman–Crippen MR) is 110 cm³/mol. The van der Waals surface area contributed by atoms with Crippen LogP contribution in [0.2, 0.25) is 0 Å². The molecule has 0 heterocycles. The fourth-order valence-electron chi connectivity index (χ4n) is 2.05. The molecule has 0 atom stereocenters. The molecule has 7 heteroatoms. The van der Waals surface area contributed by atoms with Crippen LogP contribution in [0.15, 0.2) is 64.8 Å². The van der Waals surface area contributed by atoms with Crippen LogP contribution in [0.5, 0.6) is 5.75 Å². The average molecular weight is 385 g/mol. The molecule has 0 spiro atoms. The molecule has 0 radical (unpaired) electrons. The molecule has 0 aliphatic rings. The molecule has 0 saturated heterocycles. The van der Waals surface area contributed by atoms with E-state index in [1.807, 2.05) is 54.6 Å². The van der Waals surface area contributed by atoms with E-state index in [1.165, 1.54) is 17.3 Å². The monoisotopic (exact) mass is 385 g/mol. The van der Waals surface area contributed by atoms with Gasteiger partial charge >= 0.3 is 5.97 Å². The molecule has 2 N–H and O–H groups in total. The molecular formula is C20H23N3O3S. The maximum atomic E-state index is 11.2. The Kier molecular flexibility index (Phi) is 8.92. The first-order chi connectivity index (χ1) is 13.2. The smallest absolute Gasteiger partial charge is 0.309 e. The SMILES string of the molecule is CCOC(=O)CCOc1ccc(C=NN=C(N)SCc2ccccc2)cc1. The van der Waals surface area contributed by atoms with Gasteiger partial charge in [-0.1, -0.05) is 42.1 Å². The molecule has 2 rings (SSSR count). The number of hydrogen-bond acceptors (Lipinski definition) is 6. The van der Waals surface area contributed by atoms with Crippen molar-refractivity contribution in [2.24, 2.45) is 15.9 Å². The predicted octanol–water partition coefficient (Wildman–Crippen LogP) is 3.60. The van der Waals surface area contributed by atoms with Gasteiger partial charge in [0.1, 0.15) is 5.75 Å². The van der Waals surface area contributed by atoms with Crippen molar-refractivity contribution >= 4 is 29.1 Å². The first kappa shape index (κ1) is 20.5. The molecule has 0 aliphatic carbocycles. The first-order valence-corrected chi connectivity index (χ1v) is 9.57. The third kappa shape index (κ3) is 8.42. The zero-order chi connectivity index (χ0) is 19.3. The molecule has 2 aromatic rings. The van der Waals surface area contributed by atoms with Crippen molar-refractivity contribution < 1.29 is 14.3 Å². The van der Waals surface area contributed by atoms with Gasteiger partial charge in [-0.05, 0) is 42.3 Å². The van der Waals surface area contributed by atoms with E-state index in [0.717, 1.165) is 11.3 Å². The summed E-state index contributed by atoms with van der Waals surface area (Å²) in [7, 11) is 0. The molecule has 0 aromatic heterocycles. The highest BCUT2D eigenvalue weighted by atomic mass is 32.2. The van der Waals surface area contributed by atoms with Crippen LogP contribution in [-0.4, -0.2) is 30.6 Å². The minimum atomic E-state index is -0.262. The van der Waals surface area contributed by atoms with Crippen LogP contribution in [0.3, 0.4) is 0 Å². The number of carbonyl (C=O) groups is 1. The number of thioether (sulfide) groups is 1. The van der Waals surface area contributed by atoms with Gasteiger partial charge in [0.05, 0.1) is 25.8 Å². The van der Waals surface area contributed by atoms with E-state index in [1.54, 1.807) is 13.1 Å². The van der Waals surface area contributed by atoms with Crippen molar-refractivity contribution in [3.63, 3.8) is 0 Å². The van der Waals surface area contributed by atoms with Gasteiger partial charge in [-0.15, -0.1) is 5.10 Å². The number of carbonyl (C=O) groups excluding carboxylic acids is 1. The standard InChI is InChI=1S/C20H23N3O3S/c1-2-25-19(24)12-13-26-18-10-8-16(9-11-18)14-22-23-20(21)27-15-17-6-4-3-5-7-17/h3-11,14H,2,12-13,15H2,1H3,(H2,21,23). The Balaban J connectivity index is 1.75. The molecular weight excluding hydrogens is 362 g/mol. The van der Waals surface area contributed by atoms with E-state index in [-0.39, 0.29) is 19.0 Å². The van der Waals surface area contributed by atoms with Crippen LogP contribution < -0.4 is 10.5 Å². The van der Waals surface area contributed by atoms with Crippen molar-refractivity contribution in [1.29, 1.82) is 0 Å². The summed E-state index contributed by atoms with van der Waals surface area (Å²) in [6, 6.07) is 17.4. The third-order valence-electron chi connectivity index (χ3n) is 3.35. The zero-order valence-corrected chi connectivity index (χ0v) is 16.0. The maximum absolute atomic E-state index is 11.2. The molecule has 2 aromatic carbocycles. The number of nitrogens with two attached hydrogens (primary N) is 1. The summed E-state index contributed by atoms with van der Waals surface area (Å²) in [5.74, 6) is 1.17. The molecule has 0 amide bonds. The fraction of sp³-hybridized carbons (Fsp3) is 0.250. The van der Waals surface area contributed by atoms with Gasteiger partial charge in [-0.25, -0.2) is 0 Å². The Hall–Kier alpha value is -2.80. The molecule has 0 unspecified atom stereocenters. The lowest BCUT2D eigenvalue weighted by Gasteiger charge is -2.05. The molecule has 0 saturated carbocycles. The lowest BCUT2D eigenvalue weighted by atomic mass is 10.2. The highest BCUT2D eigenvalue weighted by molar-refractivity contribution is 8.13. The molecule has 27 heavy (non-hydrogen) atoms. The van der Waals surface area contributed by atoms with E-state index in [0.29, 0.717) is 17.5 Å². The number of hydrogen-bond donors (Lipinski definition) is 1. The summed E-state index contributed by atoms with van der Waals surface area (Å²) < 4.78 is 10.3. The zero-order valence-electron chi connectivity index (χ0n) is 15.2. The minimum Gasteiger partial charge on any atom is -0.493 e. The lowest BCUT2D eigenvalue weighted by molar-refractivity contribution is -0.143. The molecule has 6 nitrogen and oxygen atoms in total. The summed E-state index contributed by atoms with van der Waals surface area (Å²) in [5, 5.41) is 8.40. The minimum absolute atomic E-state index is 0.228. The van der Waals surface area contributed by atoms with E-state index in [4.69, 9.17) is 15.2 Å². The van der Waals surface area contributed by atoms with Crippen molar-refractivity contribution in [1.82, 2.24) is 0 Å². The number of ether oxygens (including phenoxy) is 2. The number of esters is 1. The van der Waals surface area contributed by atoms with Crippen LogP contribution in [-0.2, 0) is 15.3 Å². The topological polar surface area (TPSA) is 86.3 Å². The largest absolute Gasteiger partial charge is 0.493 e. The Labute approximate surface area is 163 Å². The van der Waals surface area contributed by atoms with Crippen LogP contribution in [0.4, 0.5) is 0 Å². The Morgan fingerprint density at radius 3 is 2.59 bits per heavy atom. The third-order valence-corrected chi connectivity index (χ3v) is 4.21. The first-order valence-electron chi connectivity index (χ1n) is 8.59.